The van der Waals surface area contributed by atoms with E-state index in [0.717, 1.165) is 24.2 Å². The summed E-state index contributed by atoms with van der Waals surface area (Å²) in [5.74, 6) is 0.558. The molecule has 0 amide bonds. The van der Waals surface area contributed by atoms with Gasteiger partial charge in [-0.15, -0.1) is 0 Å². The van der Waals surface area contributed by atoms with Crippen LogP contribution in [-0.2, 0) is 0 Å². The first-order valence-corrected chi connectivity index (χ1v) is 6.95. The molecule has 4 nitrogen and oxygen atoms in total. The molecule has 1 aromatic carbocycles. The molecule has 1 atom stereocenters. The van der Waals surface area contributed by atoms with Gasteiger partial charge in [-0.05, 0) is 25.5 Å². The Morgan fingerprint density at radius 2 is 1.95 bits per heavy atom. The third-order valence-corrected chi connectivity index (χ3v) is 3.24. The van der Waals surface area contributed by atoms with Gasteiger partial charge in [-0.3, -0.25) is 0 Å². The molecule has 1 unspecified atom stereocenters. The fourth-order valence-corrected chi connectivity index (χ4v) is 2.22. The van der Waals surface area contributed by atoms with Crippen LogP contribution in [0.15, 0.2) is 36.7 Å². The second-order valence-corrected chi connectivity index (χ2v) is 4.68. The van der Waals surface area contributed by atoms with Crippen molar-refractivity contribution < 1.29 is 4.74 Å². The molecule has 0 saturated carbocycles. The molecule has 0 spiro atoms. The first kappa shape index (κ1) is 14.5. The van der Waals surface area contributed by atoms with Crippen LogP contribution in [0.3, 0.4) is 0 Å². The van der Waals surface area contributed by atoms with E-state index in [2.05, 4.69) is 41.3 Å². The number of benzene rings is 1. The van der Waals surface area contributed by atoms with Gasteiger partial charge >= 0.3 is 0 Å². The van der Waals surface area contributed by atoms with Crippen LogP contribution in [0.2, 0.25) is 0 Å². The van der Waals surface area contributed by atoms with Crippen LogP contribution in [0, 0.1) is 0 Å². The fourth-order valence-electron chi connectivity index (χ4n) is 2.22. The SMILES string of the molecule is CCCNC(C)c1ccccc1-c1nccnc1OC. The second kappa shape index (κ2) is 7.01. The fraction of sp³-hybridized carbons (Fsp3) is 0.375. The summed E-state index contributed by atoms with van der Waals surface area (Å²) in [4.78, 5) is 8.66. The number of hydrogen-bond donors (Lipinski definition) is 1. The van der Waals surface area contributed by atoms with Gasteiger partial charge in [-0.1, -0.05) is 31.2 Å². The summed E-state index contributed by atoms with van der Waals surface area (Å²) in [6.45, 7) is 5.32. The van der Waals surface area contributed by atoms with Crippen LogP contribution < -0.4 is 10.1 Å². The van der Waals surface area contributed by atoms with E-state index in [1.165, 1.54) is 5.56 Å². The summed E-state index contributed by atoms with van der Waals surface area (Å²) in [5, 5.41) is 3.51. The summed E-state index contributed by atoms with van der Waals surface area (Å²) < 4.78 is 5.32. The Morgan fingerprint density at radius 3 is 2.70 bits per heavy atom. The maximum absolute atomic E-state index is 5.32. The third kappa shape index (κ3) is 3.14. The Bertz CT molecular complexity index is 557. The molecule has 106 valence electrons. The predicted octanol–water partition coefficient (Wildman–Crippen LogP) is 3.21. The van der Waals surface area contributed by atoms with Gasteiger partial charge in [0, 0.05) is 24.0 Å². The van der Waals surface area contributed by atoms with Crippen molar-refractivity contribution >= 4 is 0 Å². The molecule has 0 aliphatic heterocycles. The molecule has 0 aliphatic carbocycles. The van der Waals surface area contributed by atoms with Gasteiger partial charge in [0.25, 0.3) is 0 Å². The van der Waals surface area contributed by atoms with Crippen LogP contribution >= 0.6 is 0 Å². The van der Waals surface area contributed by atoms with E-state index in [-0.39, 0.29) is 6.04 Å². The Hall–Kier alpha value is -1.94. The lowest BCUT2D eigenvalue weighted by Gasteiger charge is -2.18. The smallest absolute Gasteiger partial charge is 0.240 e. The summed E-state index contributed by atoms with van der Waals surface area (Å²) in [6, 6.07) is 8.51. The van der Waals surface area contributed by atoms with Crippen LogP contribution in [0.5, 0.6) is 5.88 Å². The Kier molecular flexibility index (Phi) is 5.07. The van der Waals surface area contributed by atoms with Crippen LogP contribution in [-0.4, -0.2) is 23.6 Å². The lowest BCUT2D eigenvalue weighted by atomic mass is 9.99. The predicted molar refractivity (Wildman–Crippen MR) is 80.7 cm³/mol. The molecular formula is C16H21N3O. The molecule has 2 aromatic rings. The van der Waals surface area contributed by atoms with Gasteiger partial charge in [0.2, 0.25) is 5.88 Å². The number of hydrogen-bond acceptors (Lipinski definition) is 4. The molecule has 0 radical (unpaired) electrons. The lowest BCUT2D eigenvalue weighted by Crippen LogP contribution is -2.20. The van der Waals surface area contributed by atoms with Crippen LogP contribution in [0.4, 0.5) is 0 Å². The highest BCUT2D eigenvalue weighted by Gasteiger charge is 2.15. The average molecular weight is 271 g/mol. The van der Waals surface area contributed by atoms with Gasteiger partial charge in [0.15, 0.2) is 0 Å². The summed E-state index contributed by atoms with van der Waals surface area (Å²) in [6.07, 6.45) is 4.45. The minimum Gasteiger partial charge on any atom is -0.479 e. The van der Waals surface area contributed by atoms with E-state index in [4.69, 9.17) is 4.74 Å². The number of ether oxygens (including phenoxy) is 1. The zero-order chi connectivity index (χ0) is 14.4. The van der Waals surface area contributed by atoms with Crippen molar-refractivity contribution in [2.75, 3.05) is 13.7 Å². The molecule has 1 aromatic heterocycles. The quantitative estimate of drug-likeness (QED) is 0.876. The van der Waals surface area contributed by atoms with E-state index in [0.29, 0.717) is 5.88 Å². The molecule has 0 fully saturated rings. The third-order valence-electron chi connectivity index (χ3n) is 3.24. The van der Waals surface area contributed by atoms with E-state index >= 15 is 0 Å². The second-order valence-electron chi connectivity index (χ2n) is 4.68. The van der Waals surface area contributed by atoms with Crippen LogP contribution in [0.25, 0.3) is 11.3 Å². The van der Waals surface area contributed by atoms with Crippen molar-refractivity contribution in [3.8, 4) is 17.1 Å². The minimum atomic E-state index is 0.262. The molecule has 0 saturated heterocycles. The first-order chi connectivity index (χ1) is 9.77. The van der Waals surface area contributed by atoms with Gasteiger partial charge in [-0.2, -0.15) is 0 Å². The summed E-state index contributed by atoms with van der Waals surface area (Å²) in [7, 11) is 1.62. The normalized spacial score (nSPS) is 12.2. The van der Waals surface area contributed by atoms with Crippen molar-refractivity contribution in [2.45, 2.75) is 26.3 Å². The Morgan fingerprint density at radius 1 is 1.20 bits per heavy atom. The van der Waals surface area contributed by atoms with E-state index in [9.17, 15) is 0 Å². The zero-order valence-corrected chi connectivity index (χ0v) is 12.3. The maximum atomic E-state index is 5.32. The standard InChI is InChI=1S/C16H21N3O/c1-4-9-17-12(2)13-7-5-6-8-14(13)15-16(20-3)19-11-10-18-15/h5-8,10-12,17H,4,9H2,1-3H3. The highest BCUT2D eigenvalue weighted by molar-refractivity contribution is 5.68. The van der Waals surface area contributed by atoms with E-state index in [1.54, 1.807) is 19.5 Å². The van der Waals surface area contributed by atoms with Gasteiger partial charge < -0.3 is 10.1 Å². The van der Waals surface area contributed by atoms with Crippen molar-refractivity contribution in [1.82, 2.24) is 15.3 Å². The monoisotopic (exact) mass is 271 g/mol. The molecule has 0 bridgehead atoms. The Labute approximate surface area is 120 Å². The molecule has 1 N–H and O–H groups in total. The highest BCUT2D eigenvalue weighted by Crippen LogP contribution is 2.31. The van der Waals surface area contributed by atoms with Crippen molar-refractivity contribution in [2.24, 2.45) is 0 Å². The molecule has 0 aliphatic rings. The molecule has 1 heterocycles. The number of aromatic nitrogens is 2. The largest absolute Gasteiger partial charge is 0.479 e. The van der Waals surface area contributed by atoms with Gasteiger partial charge in [0.05, 0.1) is 7.11 Å². The summed E-state index contributed by atoms with van der Waals surface area (Å²) >= 11 is 0. The summed E-state index contributed by atoms with van der Waals surface area (Å²) in [5.41, 5.74) is 3.06. The minimum absolute atomic E-state index is 0.262. The number of methoxy groups -OCH3 is 1. The van der Waals surface area contributed by atoms with E-state index < -0.39 is 0 Å². The van der Waals surface area contributed by atoms with Crippen molar-refractivity contribution in [1.29, 1.82) is 0 Å². The number of rotatable bonds is 6. The number of nitrogens with zero attached hydrogens (tertiary/aromatic N) is 2. The van der Waals surface area contributed by atoms with Crippen LogP contribution in [0.1, 0.15) is 31.9 Å². The number of nitrogens with one attached hydrogen (secondary N) is 1. The topological polar surface area (TPSA) is 47.0 Å². The molecule has 2 rings (SSSR count). The average Bonchev–Trinajstić information content (AvgIpc) is 2.52. The first-order valence-electron chi connectivity index (χ1n) is 6.95. The van der Waals surface area contributed by atoms with Gasteiger partial charge in [0.1, 0.15) is 5.69 Å². The molecule has 20 heavy (non-hydrogen) atoms. The zero-order valence-electron chi connectivity index (χ0n) is 12.3. The van der Waals surface area contributed by atoms with Gasteiger partial charge in [-0.25, -0.2) is 9.97 Å². The van der Waals surface area contributed by atoms with E-state index in [1.807, 2.05) is 12.1 Å². The van der Waals surface area contributed by atoms with Crippen molar-refractivity contribution in [3.05, 3.63) is 42.2 Å². The lowest BCUT2D eigenvalue weighted by molar-refractivity contribution is 0.397. The van der Waals surface area contributed by atoms with Crippen molar-refractivity contribution in [3.63, 3.8) is 0 Å². The Balaban J connectivity index is 2.41. The molecule has 4 heteroatoms. The maximum Gasteiger partial charge on any atom is 0.240 e. The molecular weight excluding hydrogens is 250 g/mol. The highest BCUT2D eigenvalue weighted by atomic mass is 16.5.